The summed E-state index contributed by atoms with van der Waals surface area (Å²) in [4.78, 5) is 12.6. The first-order chi connectivity index (χ1) is 14.0. The highest BCUT2D eigenvalue weighted by Gasteiger charge is 2.29. The molecule has 158 valence electrons. The van der Waals surface area contributed by atoms with Crippen LogP contribution in [0.4, 0.5) is 24.7 Å². The van der Waals surface area contributed by atoms with E-state index in [0.717, 1.165) is 26.8 Å². The standard InChI is InChI=1S/C19H17F3N4O3S/c1-11-4-6-12(7-5-11)30(28,29)26(3)19-13(10-23-25(19)2)18(27)24-15-9-8-14(20)16(21)17(15)22/h4-10H,1-3H3,(H,24,27). The SMILES string of the molecule is Cc1ccc(S(=O)(=O)N(C)c2c(C(=O)Nc3ccc(F)c(F)c3F)cnn2C)cc1. The second-order valence-corrected chi connectivity index (χ2v) is 8.44. The summed E-state index contributed by atoms with van der Waals surface area (Å²) < 4.78 is 68.4. The fourth-order valence-electron chi connectivity index (χ4n) is 2.76. The highest BCUT2D eigenvalue weighted by Crippen LogP contribution is 2.27. The van der Waals surface area contributed by atoms with Crippen LogP contribution in [0.15, 0.2) is 47.5 Å². The van der Waals surface area contributed by atoms with Gasteiger partial charge in [-0.1, -0.05) is 17.7 Å². The summed E-state index contributed by atoms with van der Waals surface area (Å²) in [7, 11) is -1.38. The van der Waals surface area contributed by atoms with Crippen molar-refractivity contribution < 1.29 is 26.4 Å². The first-order valence-electron chi connectivity index (χ1n) is 8.56. The molecule has 2 aromatic carbocycles. The van der Waals surface area contributed by atoms with Crippen LogP contribution in [0.3, 0.4) is 0 Å². The Hall–Kier alpha value is -3.34. The molecule has 7 nitrogen and oxygen atoms in total. The number of benzene rings is 2. The van der Waals surface area contributed by atoms with Gasteiger partial charge in [-0.3, -0.25) is 13.8 Å². The van der Waals surface area contributed by atoms with Crippen LogP contribution in [-0.4, -0.2) is 31.2 Å². The predicted octanol–water partition coefficient (Wildman–Crippen LogP) is 3.22. The van der Waals surface area contributed by atoms with Gasteiger partial charge in [-0.25, -0.2) is 21.6 Å². The van der Waals surface area contributed by atoms with Gasteiger partial charge in [0.2, 0.25) is 0 Å². The van der Waals surface area contributed by atoms with Crippen LogP contribution < -0.4 is 9.62 Å². The van der Waals surface area contributed by atoms with Gasteiger partial charge < -0.3 is 5.32 Å². The van der Waals surface area contributed by atoms with E-state index in [0.29, 0.717) is 6.07 Å². The maximum atomic E-state index is 13.9. The number of aromatic nitrogens is 2. The van der Waals surface area contributed by atoms with E-state index >= 15 is 0 Å². The van der Waals surface area contributed by atoms with E-state index in [2.05, 4.69) is 10.4 Å². The number of carbonyl (C=O) groups excluding carboxylic acids is 1. The Bertz CT molecular complexity index is 1220. The van der Waals surface area contributed by atoms with E-state index in [9.17, 15) is 26.4 Å². The number of aryl methyl sites for hydroxylation is 2. The average Bonchev–Trinajstić information content (AvgIpc) is 3.09. The van der Waals surface area contributed by atoms with Crippen LogP contribution in [0.1, 0.15) is 15.9 Å². The summed E-state index contributed by atoms with van der Waals surface area (Å²) in [5.41, 5.74) is 0.0586. The monoisotopic (exact) mass is 438 g/mol. The Morgan fingerprint density at radius 3 is 2.33 bits per heavy atom. The number of halogens is 3. The van der Waals surface area contributed by atoms with E-state index < -0.39 is 39.1 Å². The zero-order valence-corrected chi connectivity index (χ0v) is 17.0. The molecule has 0 aliphatic carbocycles. The molecule has 0 aliphatic heterocycles. The molecule has 1 amide bonds. The maximum absolute atomic E-state index is 13.9. The van der Waals surface area contributed by atoms with Crippen molar-refractivity contribution in [3.63, 3.8) is 0 Å². The van der Waals surface area contributed by atoms with Crippen molar-refractivity contribution in [3.8, 4) is 0 Å². The number of sulfonamides is 1. The van der Waals surface area contributed by atoms with E-state index in [1.165, 1.54) is 26.2 Å². The second kappa shape index (κ2) is 7.82. The topological polar surface area (TPSA) is 84.3 Å². The fraction of sp³-hybridized carbons (Fsp3) is 0.158. The third kappa shape index (κ3) is 3.75. The minimum Gasteiger partial charge on any atom is -0.319 e. The smallest absolute Gasteiger partial charge is 0.265 e. The van der Waals surface area contributed by atoms with Gasteiger partial charge in [0.05, 0.1) is 16.8 Å². The highest BCUT2D eigenvalue weighted by atomic mass is 32.2. The number of carbonyl (C=O) groups is 1. The average molecular weight is 438 g/mol. The summed E-state index contributed by atoms with van der Waals surface area (Å²) in [5, 5.41) is 6.00. The molecule has 0 fully saturated rings. The van der Waals surface area contributed by atoms with Gasteiger partial charge in [0.25, 0.3) is 15.9 Å². The number of rotatable bonds is 5. The molecule has 30 heavy (non-hydrogen) atoms. The number of hydrogen-bond acceptors (Lipinski definition) is 4. The quantitative estimate of drug-likeness (QED) is 0.620. The van der Waals surface area contributed by atoms with Gasteiger partial charge in [-0.2, -0.15) is 5.10 Å². The summed E-state index contributed by atoms with van der Waals surface area (Å²) in [6.45, 7) is 1.81. The molecule has 3 rings (SSSR count). The molecule has 1 heterocycles. The molecule has 0 radical (unpaired) electrons. The maximum Gasteiger partial charge on any atom is 0.265 e. The van der Waals surface area contributed by atoms with Gasteiger partial charge in [0.15, 0.2) is 23.3 Å². The van der Waals surface area contributed by atoms with Gasteiger partial charge in [0, 0.05) is 14.1 Å². The molecule has 0 bridgehead atoms. The highest BCUT2D eigenvalue weighted by molar-refractivity contribution is 7.92. The molecular formula is C19H17F3N4O3S. The van der Waals surface area contributed by atoms with Crippen LogP contribution in [-0.2, 0) is 17.1 Å². The van der Waals surface area contributed by atoms with Crippen molar-refractivity contribution in [2.75, 3.05) is 16.7 Å². The van der Waals surface area contributed by atoms with E-state index in [-0.39, 0.29) is 16.3 Å². The molecule has 0 atom stereocenters. The summed E-state index contributed by atoms with van der Waals surface area (Å²) in [5.74, 6) is -5.77. The van der Waals surface area contributed by atoms with Crippen molar-refractivity contribution in [1.29, 1.82) is 0 Å². The summed E-state index contributed by atoms with van der Waals surface area (Å²) in [6, 6.07) is 7.62. The lowest BCUT2D eigenvalue weighted by atomic mass is 10.2. The van der Waals surface area contributed by atoms with Gasteiger partial charge in [0.1, 0.15) is 5.56 Å². The zero-order chi connectivity index (χ0) is 22.2. The molecule has 3 aromatic rings. The van der Waals surface area contributed by atoms with Crippen molar-refractivity contribution >= 4 is 27.4 Å². The van der Waals surface area contributed by atoms with E-state index in [4.69, 9.17) is 0 Å². The molecule has 11 heteroatoms. The molecule has 0 saturated heterocycles. The van der Waals surface area contributed by atoms with Crippen LogP contribution in [0.2, 0.25) is 0 Å². The van der Waals surface area contributed by atoms with Crippen LogP contribution in [0.5, 0.6) is 0 Å². The van der Waals surface area contributed by atoms with Crippen molar-refractivity contribution in [3.05, 3.63) is 71.2 Å². The third-order valence-electron chi connectivity index (χ3n) is 4.41. The largest absolute Gasteiger partial charge is 0.319 e. The zero-order valence-electron chi connectivity index (χ0n) is 16.1. The van der Waals surface area contributed by atoms with Gasteiger partial charge >= 0.3 is 0 Å². The number of amides is 1. The van der Waals surface area contributed by atoms with Crippen molar-refractivity contribution in [2.24, 2.45) is 7.05 Å². The molecule has 0 spiro atoms. The number of hydrogen-bond donors (Lipinski definition) is 1. The van der Waals surface area contributed by atoms with Crippen LogP contribution in [0, 0.1) is 24.4 Å². The minimum atomic E-state index is -4.04. The first kappa shape index (κ1) is 21.4. The minimum absolute atomic E-state index is 0.00481. The Morgan fingerprint density at radius 2 is 1.70 bits per heavy atom. The molecule has 1 aromatic heterocycles. The van der Waals surface area contributed by atoms with Crippen LogP contribution in [0.25, 0.3) is 0 Å². The fourth-order valence-corrected chi connectivity index (χ4v) is 4.00. The number of nitrogens with zero attached hydrogens (tertiary/aromatic N) is 3. The molecular weight excluding hydrogens is 421 g/mol. The Labute approximate surface area is 170 Å². The lowest BCUT2D eigenvalue weighted by Crippen LogP contribution is -2.30. The Morgan fingerprint density at radius 1 is 1.07 bits per heavy atom. The van der Waals surface area contributed by atoms with Crippen molar-refractivity contribution in [1.82, 2.24) is 9.78 Å². The van der Waals surface area contributed by atoms with Gasteiger partial charge in [-0.05, 0) is 31.2 Å². The summed E-state index contributed by atoms with van der Waals surface area (Å²) in [6.07, 6.45) is 1.09. The second-order valence-electron chi connectivity index (χ2n) is 6.47. The molecule has 0 unspecified atom stereocenters. The lowest BCUT2D eigenvalue weighted by molar-refractivity contribution is 0.102. The molecule has 1 N–H and O–H groups in total. The lowest BCUT2D eigenvalue weighted by Gasteiger charge is -2.21. The van der Waals surface area contributed by atoms with Crippen LogP contribution >= 0.6 is 0 Å². The Balaban J connectivity index is 1.97. The van der Waals surface area contributed by atoms with E-state index in [1.54, 1.807) is 19.1 Å². The predicted molar refractivity (Wildman–Crippen MR) is 104 cm³/mol. The van der Waals surface area contributed by atoms with E-state index in [1.807, 2.05) is 0 Å². The summed E-state index contributed by atoms with van der Waals surface area (Å²) >= 11 is 0. The number of nitrogens with one attached hydrogen (secondary N) is 1. The first-order valence-corrected chi connectivity index (χ1v) is 10.0. The third-order valence-corrected chi connectivity index (χ3v) is 6.18. The normalized spacial score (nSPS) is 11.4. The van der Waals surface area contributed by atoms with Gasteiger partial charge in [-0.15, -0.1) is 0 Å². The molecule has 0 aliphatic rings. The Kier molecular flexibility index (Phi) is 5.57. The van der Waals surface area contributed by atoms with Crippen molar-refractivity contribution in [2.45, 2.75) is 11.8 Å². The molecule has 0 saturated carbocycles. The number of anilines is 2.